The molecule has 1 saturated carbocycles. The molecular formula is C28H50O5Si. The fourth-order valence-electron chi connectivity index (χ4n) is 5.15. The fourth-order valence-corrected chi connectivity index (χ4v) is 8.30. The number of ether oxygens (including phenoxy) is 1. The first-order valence-corrected chi connectivity index (χ1v) is 16.2. The van der Waals surface area contributed by atoms with Gasteiger partial charge in [-0.15, -0.1) is 0 Å². The van der Waals surface area contributed by atoms with Crippen LogP contribution in [-0.4, -0.2) is 44.0 Å². The molecule has 0 aromatic carbocycles. The normalized spacial score (nSPS) is 22.2. The molecule has 196 valence electrons. The van der Waals surface area contributed by atoms with Crippen LogP contribution in [0.1, 0.15) is 105 Å². The molecule has 0 radical (unpaired) electrons. The van der Waals surface area contributed by atoms with Crippen molar-refractivity contribution in [2.45, 2.75) is 135 Å². The lowest BCUT2D eigenvalue weighted by molar-refractivity contribution is -0.140. The number of methoxy groups -OCH3 is 1. The summed E-state index contributed by atoms with van der Waals surface area (Å²) in [5.74, 6) is 6.19. The molecule has 1 N–H and O–H groups in total. The van der Waals surface area contributed by atoms with E-state index in [-0.39, 0.29) is 35.6 Å². The molecule has 0 heterocycles. The Kier molecular flexibility index (Phi) is 14.3. The molecule has 0 amide bonds. The van der Waals surface area contributed by atoms with Gasteiger partial charge in [-0.25, -0.2) is 0 Å². The van der Waals surface area contributed by atoms with Crippen LogP contribution >= 0.6 is 0 Å². The van der Waals surface area contributed by atoms with Crippen LogP contribution in [0.2, 0.25) is 18.1 Å². The van der Waals surface area contributed by atoms with Crippen LogP contribution in [-0.2, 0) is 18.8 Å². The van der Waals surface area contributed by atoms with Crippen LogP contribution in [0.5, 0.6) is 0 Å². The first-order chi connectivity index (χ1) is 16.2. The maximum atomic E-state index is 12.5. The van der Waals surface area contributed by atoms with Crippen molar-refractivity contribution >= 4 is 20.1 Å². The lowest BCUT2D eigenvalue weighted by atomic mass is 9.88. The topological polar surface area (TPSA) is 72.8 Å². The Labute approximate surface area is 209 Å². The lowest BCUT2D eigenvalue weighted by Gasteiger charge is -2.40. The lowest BCUT2D eigenvalue weighted by Crippen LogP contribution is -2.45. The van der Waals surface area contributed by atoms with Gasteiger partial charge >= 0.3 is 5.97 Å². The van der Waals surface area contributed by atoms with Gasteiger partial charge in [-0.05, 0) is 44.3 Å². The summed E-state index contributed by atoms with van der Waals surface area (Å²) in [6, 6.07) is 3.35. The minimum absolute atomic E-state index is 0.140. The van der Waals surface area contributed by atoms with Crippen molar-refractivity contribution in [3.8, 4) is 11.8 Å². The second-order valence-electron chi connectivity index (χ2n) is 10.3. The predicted octanol–water partition coefficient (Wildman–Crippen LogP) is 6.43. The fraction of sp³-hybridized carbons (Fsp3) is 0.857. The van der Waals surface area contributed by atoms with Gasteiger partial charge in [-0.1, -0.05) is 71.6 Å². The number of rotatable bonds is 16. The molecule has 0 aromatic rings. The smallest absolute Gasteiger partial charge is 0.305 e. The Hall–Kier alpha value is -1.16. The molecule has 0 spiro atoms. The number of carbonyl (C=O) groups is 2. The summed E-state index contributed by atoms with van der Waals surface area (Å²) in [6.07, 6.45) is 8.28. The molecule has 0 aromatic heterocycles. The van der Waals surface area contributed by atoms with E-state index in [2.05, 4.69) is 51.2 Å². The van der Waals surface area contributed by atoms with E-state index in [4.69, 9.17) is 4.43 Å². The van der Waals surface area contributed by atoms with Crippen molar-refractivity contribution in [1.82, 2.24) is 0 Å². The van der Waals surface area contributed by atoms with E-state index < -0.39 is 14.4 Å². The van der Waals surface area contributed by atoms with Gasteiger partial charge < -0.3 is 14.3 Å². The van der Waals surface area contributed by atoms with Gasteiger partial charge in [-0.3, -0.25) is 9.59 Å². The molecule has 34 heavy (non-hydrogen) atoms. The zero-order valence-corrected chi connectivity index (χ0v) is 23.7. The highest BCUT2D eigenvalue weighted by atomic mass is 28.4. The Morgan fingerprint density at radius 2 is 1.74 bits per heavy atom. The maximum absolute atomic E-state index is 12.5. The molecular weight excluding hydrogens is 444 g/mol. The van der Waals surface area contributed by atoms with E-state index in [1.165, 1.54) is 7.11 Å². The van der Waals surface area contributed by atoms with Crippen molar-refractivity contribution in [1.29, 1.82) is 0 Å². The monoisotopic (exact) mass is 494 g/mol. The predicted molar refractivity (Wildman–Crippen MR) is 141 cm³/mol. The summed E-state index contributed by atoms with van der Waals surface area (Å²) in [6.45, 7) is 11.2. The number of Topliss-reactive ketones (excluding diaryl/α,β-unsaturated/α-hetero) is 1. The number of hydrogen-bond acceptors (Lipinski definition) is 5. The second-order valence-corrected chi connectivity index (χ2v) is 15.0. The SMILES string of the molecule is CCCCC(C)(CC#C[C@H]1[C@@H](O)CC(=O)[C@@H]1CCCCCCC(=O)OC)O[Si](CC)(CC)CC. The van der Waals surface area contributed by atoms with Crippen LogP contribution < -0.4 is 0 Å². The van der Waals surface area contributed by atoms with Gasteiger partial charge in [-0.2, -0.15) is 0 Å². The Morgan fingerprint density at radius 1 is 1.09 bits per heavy atom. The number of ketones is 1. The highest BCUT2D eigenvalue weighted by molar-refractivity contribution is 6.73. The standard InChI is InChI=1S/C28H50O5Si/c1-7-11-20-28(5,33-34(8-2,9-3)10-4)21-16-18-24-23(25(29)22-26(24)30)17-14-12-13-15-19-27(31)32-6/h23-24,26,30H,7-15,17,19-22H2,1-6H3/t23-,24-,26+,28?/m1/s1. The molecule has 4 atom stereocenters. The summed E-state index contributed by atoms with van der Waals surface area (Å²) < 4.78 is 11.6. The third-order valence-corrected chi connectivity index (χ3v) is 12.5. The molecule has 1 aliphatic rings. The zero-order chi connectivity index (χ0) is 25.6. The highest BCUT2D eigenvalue weighted by Gasteiger charge is 2.41. The molecule has 6 heteroatoms. The number of unbranched alkanes of at least 4 members (excludes halogenated alkanes) is 4. The number of esters is 1. The second kappa shape index (κ2) is 15.8. The molecule has 1 unspecified atom stereocenters. The highest BCUT2D eigenvalue weighted by Crippen LogP contribution is 2.35. The van der Waals surface area contributed by atoms with Crippen LogP contribution in [0, 0.1) is 23.7 Å². The Morgan fingerprint density at radius 3 is 2.32 bits per heavy atom. The van der Waals surface area contributed by atoms with E-state index in [1.54, 1.807) is 0 Å². The summed E-state index contributed by atoms with van der Waals surface area (Å²) in [4.78, 5) is 23.8. The minimum atomic E-state index is -1.76. The quantitative estimate of drug-likeness (QED) is 0.116. The molecule has 0 saturated heterocycles. The van der Waals surface area contributed by atoms with Crippen LogP contribution in [0.4, 0.5) is 0 Å². The van der Waals surface area contributed by atoms with E-state index in [0.29, 0.717) is 12.8 Å². The zero-order valence-electron chi connectivity index (χ0n) is 22.7. The van der Waals surface area contributed by atoms with E-state index in [1.807, 2.05) is 0 Å². The first-order valence-electron chi connectivity index (χ1n) is 13.7. The summed E-state index contributed by atoms with van der Waals surface area (Å²) >= 11 is 0. The van der Waals surface area contributed by atoms with Crippen molar-refractivity contribution in [3.05, 3.63) is 0 Å². The summed E-state index contributed by atoms with van der Waals surface area (Å²) in [5, 5.41) is 10.5. The maximum Gasteiger partial charge on any atom is 0.305 e. The minimum Gasteiger partial charge on any atom is -0.469 e. The molecule has 1 rings (SSSR count). The van der Waals surface area contributed by atoms with Gasteiger partial charge in [0.1, 0.15) is 5.78 Å². The van der Waals surface area contributed by atoms with Gasteiger partial charge in [0.2, 0.25) is 0 Å². The van der Waals surface area contributed by atoms with Gasteiger partial charge in [0, 0.05) is 25.2 Å². The van der Waals surface area contributed by atoms with Crippen molar-refractivity contribution < 1.29 is 23.9 Å². The molecule has 1 aliphatic carbocycles. The van der Waals surface area contributed by atoms with Crippen molar-refractivity contribution in [2.24, 2.45) is 11.8 Å². The van der Waals surface area contributed by atoms with Crippen molar-refractivity contribution in [2.75, 3.05) is 7.11 Å². The first kappa shape index (κ1) is 30.9. The number of hydrogen-bond donors (Lipinski definition) is 1. The van der Waals surface area contributed by atoms with Crippen LogP contribution in [0.3, 0.4) is 0 Å². The number of aliphatic hydroxyl groups excluding tert-OH is 1. The molecule has 0 bridgehead atoms. The largest absolute Gasteiger partial charge is 0.469 e. The van der Waals surface area contributed by atoms with E-state index >= 15 is 0 Å². The Balaban J connectivity index is 2.77. The molecule has 0 aliphatic heterocycles. The van der Waals surface area contributed by atoms with Gasteiger partial charge in [0.05, 0.1) is 24.7 Å². The van der Waals surface area contributed by atoms with Gasteiger partial charge in [0.25, 0.3) is 0 Å². The summed E-state index contributed by atoms with van der Waals surface area (Å²) in [7, 11) is -0.350. The van der Waals surface area contributed by atoms with Crippen molar-refractivity contribution in [3.63, 3.8) is 0 Å². The Bertz CT molecular complexity index is 670. The van der Waals surface area contributed by atoms with E-state index in [0.717, 1.165) is 69.5 Å². The average molecular weight is 495 g/mol. The van der Waals surface area contributed by atoms with Gasteiger partial charge in [0.15, 0.2) is 8.32 Å². The molecule has 5 nitrogen and oxygen atoms in total. The molecule has 1 fully saturated rings. The number of carbonyl (C=O) groups excluding carboxylic acids is 2. The number of aliphatic hydroxyl groups is 1. The van der Waals surface area contributed by atoms with Crippen LogP contribution in [0.15, 0.2) is 0 Å². The average Bonchev–Trinajstić information content (AvgIpc) is 3.10. The third-order valence-electron chi connectivity index (χ3n) is 7.73. The third kappa shape index (κ3) is 9.83. The summed E-state index contributed by atoms with van der Waals surface area (Å²) in [5.41, 5.74) is -0.264. The van der Waals surface area contributed by atoms with Crippen LogP contribution in [0.25, 0.3) is 0 Å². The van der Waals surface area contributed by atoms with E-state index in [9.17, 15) is 14.7 Å².